The van der Waals surface area contributed by atoms with Crippen molar-refractivity contribution in [3.63, 3.8) is 0 Å². The van der Waals surface area contributed by atoms with Crippen LogP contribution in [0.15, 0.2) is 54.7 Å². The van der Waals surface area contributed by atoms with Crippen molar-refractivity contribution < 1.29 is 14.6 Å². The first kappa shape index (κ1) is 22.2. The topological polar surface area (TPSA) is 111 Å². The van der Waals surface area contributed by atoms with Gasteiger partial charge in [-0.05, 0) is 42.3 Å². The van der Waals surface area contributed by atoms with Crippen molar-refractivity contribution in [2.75, 3.05) is 25.0 Å². The zero-order chi connectivity index (χ0) is 23.2. The number of amides is 1. The molecular formula is C25H25N5O3. The third kappa shape index (κ3) is 5.10. The lowest BCUT2D eigenvalue weighted by atomic mass is 10.1. The number of aryl methyl sites for hydroxylation is 1. The zero-order valence-corrected chi connectivity index (χ0v) is 18.4. The van der Waals surface area contributed by atoms with E-state index in [0.717, 1.165) is 12.1 Å². The minimum Gasteiger partial charge on any atom is -0.486 e. The van der Waals surface area contributed by atoms with E-state index in [1.165, 1.54) is 5.56 Å². The normalized spacial score (nSPS) is 15.2. The van der Waals surface area contributed by atoms with Crippen molar-refractivity contribution in [3.05, 3.63) is 65.9 Å². The molecule has 1 atom stereocenters. The van der Waals surface area contributed by atoms with Crippen LogP contribution in [-0.4, -0.2) is 51.7 Å². The summed E-state index contributed by atoms with van der Waals surface area (Å²) in [6.07, 6.45) is 2.94. The van der Waals surface area contributed by atoms with Crippen molar-refractivity contribution in [2.24, 2.45) is 0 Å². The third-order valence-electron chi connectivity index (χ3n) is 5.58. The molecule has 1 aliphatic rings. The van der Waals surface area contributed by atoms with E-state index in [4.69, 9.17) is 9.84 Å². The number of aromatic nitrogens is 2. The van der Waals surface area contributed by atoms with E-state index in [0.29, 0.717) is 48.0 Å². The van der Waals surface area contributed by atoms with E-state index in [9.17, 15) is 10.1 Å². The van der Waals surface area contributed by atoms with Crippen molar-refractivity contribution >= 4 is 17.5 Å². The van der Waals surface area contributed by atoms with Crippen LogP contribution < -0.4 is 10.1 Å². The smallest absolute Gasteiger partial charge is 0.248 e. The molecule has 1 aliphatic heterocycles. The fraction of sp³-hybridized carbons (Fsp3) is 0.280. The molecule has 1 saturated heterocycles. The first-order valence-corrected chi connectivity index (χ1v) is 10.9. The maximum absolute atomic E-state index is 11.8. The average molecular weight is 444 g/mol. The number of anilines is 2. The molecule has 0 saturated carbocycles. The van der Waals surface area contributed by atoms with Gasteiger partial charge in [-0.15, -0.1) is 0 Å². The van der Waals surface area contributed by atoms with Crippen molar-refractivity contribution in [1.29, 1.82) is 5.26 Å². The highest BCUT2D eigenvalue weighted by atomic mass is 16.5. The summed E-state index contributed by atoms with van der Waals surface area (Å²) in [5, 5.41) is 22.0. The number of carbonyl (C=O) groups excluding carboxylic acids is 1. The van der Waals surface area contributed by atoms with Crippen LogP contribution in [0.4, 0.5) is 11.6 Å². The number of hydrogen-bond donors (Lipinski definition) is 2. The number of aliphatic hydroxyl groups excluding tert-OH is 1. The number of likely N-dealkylation sites (tertiary alicyclic amines) is 1. The summed E-state index contributed by atoms with van der Waals surface area (Å²) in [7, 11) is 0. The fourth-order valence-electron chi connectivity index (χ4n) is 3.84. The van der Waals surface area contributed by atoms with Crippen molar-refractivity contribution in [1.82, 2.24) is 14.9 Å². The molecule has 1 amide bonds. The average Bonchev–Trinajstić information content (AvgIpc) is 3.32. The van der Waals surface area contributed by atoms with Gasteiger partial charge in [-0.25, -0.2) is 9.97 Å². The Labute approximate surface area is 192 Å². The van der Waals surface area contributed by atoms with Crippen LogP contribution in [0, 0.1) is 11.3 Å². The van der Waals surface area contributed by atoms with Crippen LogP contribution in [0.3, 0.4) is 0 Å². The molecule has 4 rings (SSSR count). The molecule has 2 N–H and O–H groups in total. The molecule has 3 aromatic rings. The summed E-state index contributed by atoms with van der Waals surface area (Å²) < 4.78 is 6.22. The predicted octanol–water partition coefficient (Wildman–Crippen LogP) is 3.29. The second-order valence-corrected chi connectivity index (χ2v) is 7.76. The molecule has 0 radical (unpaired) electrons. The fourth-order valence-corrected chi connectivity index (χ4v) is 3.84. The van der Waals surface area contributed by atoms with Gasteiger partial charge in [-0.3, -0.25) is 4.79 Å². The summed E-state index contributed by atoms with van der Waals surface area (Å²) in [6, 6.07) is 17.4. The highest BCUT2D eigenvalue weighted by Crippen LogP contribution is 2.34. The minimum absolute atomic E-state index is 0.273. The monoisotopic (exact) mass is 443 g/mol. The molecule has 8 nitrogen and oxygen atoms in total. The summed E-state index contributed by atoms with van der Waals surface area (Å²) in [6.45, 7) is 2.45. The van der Waals surface area contributed by atoms with Gasteiger partial charge in [0.05, 0.1) is 17.8 Å². The highest BCUT2D eigenvalue weighted by molar-refractivity contribution is 5.77. The van der Waals surface area contributed by atoms with E-state index in [1.807, 2.05) is 18.2 Å². The van der Waals surface area contributed by atoms with E-state index in [-0.39, 0.29) is 12.0 Å². The van der Waals surface area contributed by atoms with Gasteiger partial charge in [0.1, 0.15) is 24.5 Å². The number of benzene rings is 2. The van der Waals surface area contributed by atoms with Gasteiger partial charge in [0.25, 0.3) is 0 Å². The maximum atomic E-state index is 11.8. The first-order valence-electron chi connectivity index (χ1n) is 10.9. The number of para-hydroxylation sites is 1. The summed E-state index contributed by atoms with van der Waals surface area (Å²) in [4.78, 5) is 22.3. The predicted molar refractivity (Wildman–Crippen MR) is 124 cm³/mol. The number of nitriles is 1. The number of carbonyl (C=O) groups is 1. The van der Waals surface area contributed by atoms with Gasteiger partial charge in [0.15, 0.2) is 0 Å². The van der Waals surface area contributed by atoms with E-state index >= 15 is 0 Å². The Morgan fingerprint density at radius 2 is 2.15 bits per heavy atom. The number of nitrogens with one attached hydrogen (secondary N) is 1. The van der Waals surface area contributed by atoms with Gasteiger partial charge in [0.2, 0.25) is 11.9 Å². The maximum Gasteiger partial charge on any atom is 0.248 e. The Morgan fingerprint density at radius 3 is 2.94 bits per heavy atom. The lowest BCUT2D eigenvalue weighted by molar-refractivity contribution is -0.133. The van der Waals surface area contributed by atoms with Gasteiger partial charge in [-0.2, -0.15) is 5.26 Å². The molecule has 8 heteroatoms. The molecule has 1 aromatic heterocycles. The second-order valence-electron chi connectivity index (χ2n) is 7.76. The van der Waals surface area contributed by atoms with Crippen LogP contribution >= 0.6 is 0 Å². The summed E-state index contributed by atoms with van der Waals surface area (Å²) in [5.41, 5.74) is 3.79. The van der Waals surface area contributed by atoms with E-state index in [2.05, 4.69) is 40.4 Å². The molecule has 33 heavy (non-hydrogen) atoms. The standard InChI is InChI=1S/C25H25N5O3/c1-2-17-5-3-7-19(13-17)28-25-27-11-9-22(29-25)21-8-4-6-18(14-26)24(21)33-20-10-12-30(15-20)23(32)16-31/h3-9,11,13,20,31H,2,10,12,15-16H2,1H3,(H,27,28,29)/t20-/m1/s1. The Bertz CT molecular complexity index is 1190. The molecule has 2 heterocycles. The van der Waals surface area contributed by atoms with Crippen LogP contribution in [0.1, 0.15) is 24.5 Å². The summed E-state index contributed by atoms with van der Waals surface area (Å²) in [5.74, 6) is 0.545. The molecular weight excluding hydrogens is 418 g/mol. The largest absolute Gasteiger partial charge is 0.486 e. The Hall–Kier alpha value is -3.96. The van der Waals surface area contributed by atoms with Crippen molar-refractivity contribution in [3.8, 4) is 23.1 Å². The minimum atomic E-state index is -0.523. The number of nitrogens with zero attached hydrogens (tertiary/aromatic N) is 4. The van der Waals surface area contributed by atoms with Gasteiger partial charge in [0, 0.05) is 30.4 Å². The van der Waals surface area contributed by atoms with Crippen molar-refractivity contribution in [2.45, 2.75) is 25.9 Å². The molecule has 1 fully saturated rings. The number of aliphatic hydroxyl groups is 1. The second kappa shape index (κ2) is 10.1. The molecule has 0 aliphatic carbocycles. The molecule has 0 bridgehead atoms. The highest BCUT2D eigenvalue weighted by Gasteiger charge is 2.28. The lowest BCUT2D eigenvalue weighted by Gasteiger charge is -2.19. The zero-order valence-electron chi connectivity index (χ0n) is 18.4. The Balaban J connectivity index is 1.61. The number of rotatable bonds is 7. The SMILES string of the molecule is CCc1cccc(Nc2nccc(-c3cccc(C#N)c3O[C@@H]3CCN(C(=O)CO)C3)n2)c1. The molecule has 0 unspecified atom stereocenters. The first-order chi connectivity index (χ1) is 16.1. The van der Waals surface area contributed by atoms with Crippen LogP contribution in [0.2, 0.25) is 0 Å². The summed E-state index contributed by atoms with van der Waals surface area (Å²) >= 11 is 0. The third-order valence-corrected chi connectivity index (χ3v) is 5.58. The van der Waals surface area contributed by atoms with Crippen LogP contribution in [-0.2, 0) is 11.2 Å². The molecule has 0 spiro atoms. The lowest BCUT2D eigenvalue weighted by Crippen LogP contribution is -2.32. The Kier molecular flexibility index (Phi) is 6.81. The molecule has 168 valence electrons. The quantitative estimate of drug-likeness (QED) is 0.576. The Morgan fingerprint density at radius 1 is 1.30 bits per heavy atom. The van der Waals surface area contributed by atoms with Crippen LogP contribution in [0.5, 0.6) is 5.75 Å². The molecule has 2 aromatic carbocycles. The van der Waals surface area contributed by atoms with Gasteiger partial charge >= 0.3 is 0 Å². The van der Waals surface area contributed by atoms with E-state index in [1.54, 1.807) is 29.3 Å². The van der Waals surface area contributed by atoms with E-state index < -0.39 is 6.61 Å². The van der Waals surface area contributed by atoms with Crippen LogP contribution in [0.25, 0.3) is 11.3 Å². The van der Waals surface area contributed by atoms with Gasteiger partial charge < -0.3 is 20.1 Å². The van der Waals surface area contributed by atoms with Gasteiger partial charge in [-0.1, -0.05) is 25.1 Å². The number of ether oxygens (including phenoxy) is 1. The number of hydrogen-bond acceptors (Lipinski definition) is 7.